The number of carbonyl (C=O) groups is 1. The van der Waals surface area contributed by atoms with Crippen molar-refractivity contribution in [1.29, 1.82) is 0 Å². The Balaban J connectivity index is 1.78. The molecule has 1 aliphatic rings. The number of likely N-dealkylation sites (N-methyl/N-ethyl adjacent to an activating group) is 1. The number of amides is 1. The number of hydrogen-bond donors (Lipinski definition) is 1. The number of fused-ring (bicyclic) bond motifs is 3. The van der Waals surface area contributed by atoms with E-state index in [1.165, 1.54) is 36.2 Å². The molecule has 0 aliphatic carbocycles. The maximum Gasteiger partial charge on any atom is 0.263 e. The summed E-state index contributed by atoms with van der Waals surface area (Å²) in [5.41, 5.74) is 0.197. The summed E-state index contributed by atoms with van der Waals surface area (Å²) in [6, 6.07) is 5.98. The lowest BCUT2D eigenvalue weighted by molar-refractivity contribution is 0.0335. The van der Waals surface area contributed by atoms with Crippen LogP contribution in [-0.2, 0) is 11.3 Å². The minimum absolute atomic E-state index is 0.0401. The number of rotatable bonds is 3. The predicted molar refractivity (Wildman–Crippen MR) is 100 cm³/mol. The van der Waals surface area contributed by atoms with Crippen LogP contribution in [0.15, 0.2) is 41.2 Å². The van der Waals surface area contributed by atoms with Crippen molar-refractivity contribution in [3.05, 3.63) is 80.8 Å². The maximum absolute atomic E-state index is 13.9. The van der Waals surface area contributed by atoms with Crippen molar-refractivity contribution < 1.29 is 27.1 Å². The Morgan fingerprint density at radius 1 is 1.13 bits per heavy atom. The molecular formula is C21H16F4N2O3. The van der Waals surface area contributed by atoms with Crippen molar-refractivity contribution in [2.75, 3.05) is 13.7 Å². The highest BCUT2D eigenvalue weighted by molar-refractivity contribution is 5.95. The first-order chi connectivity index (χ1) is 14.3. The van der Waals surface area contributed by atoms with Crippen LogP contribution < -0.4 is 5.56 Å². The van der Waals surface area contributed by atoms with Gasteiger partial charge in [0.15, 0.2) is 11.6 Å². The normalized spacial score (nSPS) is 16.0. The van der Waals surface area contributed by atoms with E-state index in [1.807, 2.05) is 0 Å². The number of aromatic amines is 1. The molecule has 0 spiro atoms. The lowest BCUT2D eigenvalue weighted by atomic mass is 9.95. The van der Waals surface area contributed by atoms with E-state index < -0.39 is 35.6 Å². The number of alkyl halides is 2. The number of aromatic nitrogens is 1. The van der Waals surface area contributed by atoms with E-state index in [9.17, 15) is 27.2 Å². The first-order valence-corrected chi connectivity index (χ1v) is 9.04. The third kappa shape index (κ3) is 3.35. The lowest BCUT2D eigenvalue weighted by Gasteiger charge is -2.34. The Labute approximate surface area is 167 Å². The number of nitrogens with zero attached hydrogens (tertiary/aromatic N) is 1. The summed E-state index contributed by atoms with van der Waals surface area (Å²) < 4.78 is 58.6. The van der Waals surface area contributed by atoms with Gasteiger partial charge in [-0.25, -0.2) is 17.6 Å². The van der Waals surface area contributed by atoms with Crippen molar-refractivity contribution >= 4 is 16.7 Å². The van der Waals surface area contributed by atoms with Gasteiger partial charge in [0.1, 0.15) is 0 Å². The molecule has 0 saturated carbocycles. The Kier molecular flexibility index (Phi) is 5.07. The third-order valence-corrected chi connectivity index (χ3v) is 5.24. The highest BCUT2D eigenvalue weighted by Gasteiger charge is 2.31. The Bertz CT molecular complexity index is 1190. The molecule has 156 valence electrons. The van der Waals surface area contributed by atoms with E-state index in [4.69, 9.17) is 4.74 Å². The van der Waals surface area contributed by atoms with E-state index in [2.05, 4.69) is 4.98 Å². The lowest BCUT2D eigenvalue weighted by Crippen LogP contribution is -2.37. The maximum atomic E-state index is 13.9. The molecule has 0 radical (unpaired) electrons. The van der Waals surface area contributed by atoms with Crippen LogP contribution in [0, 0.1) is 11.6 Å². The second kappa shape index (κ2) is 7.56. The second-order valence-electron chi connectivity index (χ2n) is 7.03. The minimum atomic E-state index is -2.65. The quantitative estimate of drug-likeness (QED) is 0.650. The zero-order valence-electron chi connectivity index (χ0n) is 15.7. The average molecular weight is 420 g/mol. The first kappa shape index (κ1) is 20.1. The first-order valence-electron chi connectivity index (χ1n) is 9.04. The number of halogens is 4. The number of nitrogens with one attached hydrogen (secondary N) is 1. The van der Waals surface area contributed by atoms with Gasteiger partial charge in [0, 0.05) is 29.4 Å². The number of hydrogen-bond acceptors (Lipinski definition) is 3. The van der Waals surface area contributed by atoms with Gasteiger partial charge in [-0.05, 0) is 29.7 Å². The molecule has 30 heavy (non-hydrogen) atoms. The summed E-state index contributed by atoms with van der Waals surface area (Å²) in [6.45, 7) is 0.103. The molecule has 0 bridgehead atoms. The van der Waals surface area contributed by atoms with Crippen molar-refractivity contribution in [2.24, 2.45) is 0 Å². The fourth-order valence-corrected chi connectivity index (χ4v) is 3.66. The summed E-state index contributed by atoms with van der Waals surface area (Å²) in [6.07, 6.45) is -2.65. The molecule has 5 nitrogen and oxygen atoms in total. The summed E-state index contributed by atoms with van der Waals surface area (Å²) in [7, 11) is 1.49. The zero-order valence-corrected chi connectivity index (χ0v) is 15.7. The molecule has 1 N–H and O–H groups in total. The number of carbonyl (C=O) groups excluding carboxylic acids is 1. The summed E-state index contributed by atoms with van der Waals surface area (Å²) in [4.78, 5) is 29.2. The number of benzene rings is 2. The van der Waals surface area contributed by atoms with Crippen molar-refractivity contribution in [3.63, 3.8) is 0 Å². The van der Waals surface area contributed by atoms with Crippen LogP contribution in [0.5, 0.6) is 0 Å². The largest absolute Gasteiger partial charge is 0.373 e. The fourth-order valence-electron chi connectivity index (χ4n) is 3.66. The van der Waals surface area contributed by atoms with E-state index in [1.54, 1.807) is 0 Å². The van der Waals surface area contributed by atoms with Gasteiger partial charge < -0.3 is 14.6 Å². The third-order valence-electron chi connectivity index (χ3n) is 5.24. The van der Waals surface area contributed by atoms with Crippen LogP contribution >= 0.6 is 0 Å². The van der Waals surface area contributed by atoms with Crippen LogP contribution in [0.3, 0.4) is 0 Å². The smallest absolute Gasteiger partial charge is 0.263 e. The molecule has 0 unspecified atom stereocenters. The molecular weight excluding hydrogens is 404 g/mol. The Morgan fingerprint density at radius 3 is 2.40 bits per heavy atom. The molecule has 0 saturated heterocycles. The zero-order chi connectivity index (χ0) is 21.6. The Hall–Kier alpha value is -3.20. The van der Waals surface area contributed by atoms with Gasteiger partial charge in [-0.2, -0.15) is 0 Å². The van der Waals surface area contributed by atoms with E-state index in [0.29, 0.717) is 11.3 Å². The van der Waals surface area contributed by atoms with Gasteiger partial charge in [0.25, 0.3) is 17.9 Å². The number of ether oxygens (including phenoxy) is 1. The van der Waals surface area contributed by atoms with Crippen LogP contribution in [0.25, 0.3) is 10.8 Å². The van der Waals surface area contributed by atoms with Gasteiger partial charge in [-0.15, -0.1) is 0 Å². The van der Waals surface area contributed by atoms with Crippen LogP contribution in [0.4, 0.5) is 17.6 Å². The highest BCUT2D eigenvalue weighted by Crippen LogP contribution is 2.34. The van der Waals surface area contributed by atoms with E-state index in [0.717, 1.165) is 12.1 Å². The molecule has 1 aromatic heterocycles. The van der Waals surface area contributed by atoms with Gasteiger partial charge in [0.05, 0.1) is 24.6 Å². The molecule has 9 heteroatoms. The summed E-state index contributed by atoms with van der Waals surface area (Å²) in [5, 5.41) is 0.148. The monoisotopic (exact) mass is 420 g/mol. The van der Waals surface area contributed by atoms with E-state index in [-0.39, 0.29) is 35.1 Å². The topological polar surface area (TPSA) is 62.4 Å². The molecule has 3 aromatic rings. The van der Waals surface area contributed by atoms with Crippen molar-refractivity contribution in [1.82, 2.24) is 9.88 Å². The number of H-pyrrole nitrogens is 1. The number of pyridine rings is 1. The van der Waals surface area contributed by atoms with Crippen molar-refractivity contribution in [3.8, 4) is 0 Å². The van der Waals surface area contributed by atoms with Crippen molar-refractivity contribution in [2.45, 2.75) is 19.1 Å². The van der Waals surface area contributed by atoms with Gasteiger partial charge in [-0.1, -0.05) is 12.1 Å². The minimum Gasteiger partial charge on any atom is -0.373 e. The predicted octanol–water partition coefficient (Wildman–Crippen LogP) is 4.09. The Morgan fingerprint density at radius 2 is 1.77 bits per heavy atom. The van der Waals surface area contributed by atoms with E-state index >= 15 is 0 Å². The molecule has 1 aliphatic heterocycles. The summed E-state index contributed by atoms with van der Waals surface area (Å²) >= 11 is 0. The van der Waals surface area contributed by atoms with Gasteiger partial charge in [0.2, 0.25) is 0 Å². The molecule has 4 rings (SSSR count). The van der Waals surface area contributed by atoms with Gasteiger partial charge >= 0.3 is 0 Å². The molecule has 2 aromatic carbocycles. The standard InChI is InChI=1S/C21H16F4N2O3/c1-27(21(29)11-4-2-10(3-5-11)19(24)25)17-9-30-8-16-18(17)12-6-14(22)15(23)7-13(12)20(28)26-16/h2-7,17,19H,8-9H2,1H3,(H,26,28)/t17-/m0/s1. The molecule has 2 heterocycles. The van der Waals surface area contributed by atoms with Crippen LogP contribution in [0.1, 0.15) is 39.6 Å². The second-order valence-corrected chi connectivity index (χ2v) is 7.03. The van der Waals surface area contributed by atoms with Crippen LogP contribution in [0.2, 0.25) is 0 Å². The highest BCUT2D eigenvalue weighted by atomic mass is 19.3. The van der Waals surface area contributed by atoms with Crippen LogP contribution in [-0.4, -0.2) is 29.4 Å². The fraction of sp³-hybridized carbons (Fsp3) is 0.238. The molecule has 1 amide bonds. The molecule has 1 atom stereocenters. The van der Waals surface area contributed by atoms with Gasteiger partial charge in [-0.3, -0.25) is 9.59 Å². The molecule has 0 fully saturated rings. The summed E-state index contributed by atoms with van der Waals surface area (Å²) in [5.74, 6) is -2.74. The average Bonchev–Trinajstić information content (AvgIpc) is 2.73. The SMILES string of the molecule is CN(C(=O)c1ccc(C(F)F)cc1)[C@H]1COCc2[nH]c(=O)c3cc(F)c(F)cc3c21.